The summed E-state index contributed by atoms with van der Waals surface area (Å²) in [6.07, 6.45) is 1.40. The van der Waals surface area contributed by atoms with Gasteiger partial charge in [0.2, 0.25) is 0 Å². The maximum atomic E-state index is 13.8. The third-order valence-corrected chi connectivity index (χ3v) is 5.33. The number of benzene rings is 1. The van der Waals surface area contributed by atoms with Crippen LogP contribution < -0.4 is 10.1 Å². The van der Waals surface area contributed by atoms with Gasteiger partial charge in [-0.25, -0.2) is 9.18 Å². The molecule has 2 aromatic heterocycles. The maximum absolute atomic E-state index is 13.8. The lowest BCUT2D eigenvalue weighted by atomic mass is 10.1. The molecule has 0 atom stereocenters. The number of rotatable bonds is 5. The third kappa shape index (κ3) is 4.15. The van der Waals surface area contributed by atoms with E-state index >= 15 is 0 Å². The van der Waals surface area contributed by atoms with Gasteiger partial charge in [0.25, 0.3) is 5.91 Å². The van der Waals surface area contributed by atoms with Gasteiger partial charge >= 0.3 is 5.97 Å². The first kappa shape index (κ1) is 19.2. The number of carbonyl (C=O) groups excluding carboxylic acids is 2. The first-order chi connectivity index (χ1) is 14.0. The number of hydrogen-bond donors (Lipinski definition) is 1. The number of ether oxygens (including phenoxy) is 3. The van der Waals surface area contributed by atoms with E-state index in [0.29, 0.717) is 32.3 Å². The Morgan fingerprint density at radius 1 is 1.31 bits per heavy atom. The minimum atomic E-state index is -0.573. The third-order valence-electron chi connectivity index (χ3n) is 4.20. The maximum Gasteiger partial charge on any atom is 0.348 e. The van der Waals surface area contributed by atoms with E-state index in [1.807, 2.05) is 0 Å². The molecule has 3 aromatic rings. The number of furan rings is 1. The highest BCUT2D eigenvalue weighted by atomic mass is 32.1. The Labute approximate surface area is 169 Å². The average molecular weight is 417 g/mol. The van der Waals surface area contributed by atoms with Crippen LogP contribution in [0, 0.1) is 12.7 Å². The van der Waals surface area contributed by atoms with E-state index in [1.165, 1.54) is 24.5 Å². The Bertz CT molecular complexity index is 1060. The van der Waals surface area contributed by atoms with Gasteiger partial charge in [-0.2, -0.15) is 0 Å². The highest BCUT2D eigenvalue weighted by Gasteiger charge is 2.21. The lowest BCUT2D eigenvalue weighted by molar-refractivity contribution is -0.0182. The number of carbonyl (C=O) groups is 2. The van der Waals surface area contributed by atoms with Crippen molar-refractivity contribution in [1.82, 2.24) is 0 Å². The van der Waals surface area contributed by atoms with Gasteiger partial charge in [0.15, 0.2) is 12.6 Å². The van der Waals surface area contributed by atoms with Crippen molar-refractivity contribution in [2.45, 2.75) is 20.1 Å². The largest absolute Gasteiger partial charge is 0.467 e. The molecule has 0 fully saturated rings. The lowest BCUT2D eigenvalue weighted by Crippen LogP contribution is -2.14. The van der Waals surface area contributed by atoms with Crippen molar-refractivity contribution in [2.24, 2.45) is 0 Å². The molecular weight excluding hydrogens is 401 g/mol. The van der Waals surface area contributed by atoms with Crippen molar-refractivity contribution < 1.29 is 32.6 Å². The second kappa shape index (κ2) is 8.06. The Balaban J connectivity index is 1.45. The number of fused-ring (bicyclic) bond motifs is 1. The van der Waals surface area contributed by atoms with Crippen LogP contribution in [0.3, 0.4) is 0 Å². The van der Waals surface area contributed by atoms with Crippen LogP contribution in [0.4, 0.5) is 9.39 Å². The standard InChI is InChI=1S/C20H16FNO6S/c1-11-5-16(22-19(23)15-3-2-4-26-15)29-18(11)20(24)27-9-13-7-14(21)6-12-8-25-10-28-17(12)13/h2-7H,8-10H2,1H3,(H,22,23). The summed E-state index contributed by atoms with van der Waals surface area (Å²) >= 11 is 1.09. The molecule has 1 amide bonds. The van der Waals surface area contributed by atoms with E-state index in [9.17, 15) is 14.0 Å². The summed E-state index contributed by atoms with van der Waals surface area (Å²) in [5.41, 5.74) is 1.65. The van der Waals surface area contributed by atoms with Gasteiger partial charge in [0, 0.05) is 11.1 Å². The molecule has 0 aliphatic carbocycles. The van der Waals surface area contributed by atoms with E-state index in [1.54, 1.807) is 19.1 Å². The zero-order valence-electron chi connectivity index (χ0n) is 15.3. The molecule has 0 saturated carbocycles. The van der Waals surface area contributed by atoms with Gasteiger partial charge in [-0.15, -0.1) is 11.3 Å². The zero-order chi connectivity index (χ0) is 20.4. The highest BCUT2D eigenvalue weighted by Crippen LogP contribution is 2.31. The first-order valence-corrected chi connectivity index (χ1v) is 9.47. The highest BCUT2D eigenvalue weighted by molar-refractivity contribution is 7.18. The topological polar surface area (TPSA) is 87.0 Å². The van der Waals surface area contributed by atoms with Crippen molar-refractivity contribution >= 4 is 28.2 Å². The molecule has 3 heterocycles. The fourth-order valence-corrected chi connectivity index (χ4v) is 3.86. The summed E-state index contributed by atoms with van der Waals surface area (Å²) in [6, 6.07) is 7.42. The smallest absolute Gasteiger partial charge is 0.348 e. The van der Waals surface area contributed by atoms with Gasteiger partial charge in [0.05, 0.1) is 17.9 Å². The zero-order valence-corrected chi connectivity index (χ0v) is 16.1. The average Bonchev–Trinajstić information content (AvgIpc) is 3.35. The number of nitrogens with one attached hydrogen (secondary N) is 1. The van der Waals surface area contributed by atoms with Crippen LogP contribution >= 0.6 is 11.3 Å². The summed E-state index contributed by atoms with van der Waals surface area (Å²) in [5, 5.41) is 3.16. The summed E-state index contributed by atoms with van der Waals surface area (Å²) in [6.45, 7) is 1.88. The molecule has 150 valence electrons. The van der Waals surface area contributed by atoms with Crippen LogP contribution in [0.1, 0.15) is 36.9 Å². The van der Waals surface area contributed by atoms with Crippen molar-refractivity contribution in [2.75, 3.05) is 12.1 Å². The SMILES string of the molecule is Cc1cc(NC(=O)c2ccco2)sc1C(=O)OCc1cc(F)cc2c1OCOC2. The molecule has 1 aromatic carbocycles. The van der Waals surface area contributed by atoms with Crippen LogP contribution in [-0.2, 0) is 22.7 Å². The second-order valence-electron chi connectivity index (χ2n) is 6.29. The van der Waals surface area contributed by atoms with E-state index in [4.69, 9.17) is 18.6 Å². The number of halogens is 1. The number of thiophene rings is 1. The van der Waals surface area contributed by atoms with E-state index in [-0.39, 0.29) is 25.8 Å². The van der Waals surface area contributed by atoms with Gasteiger partial charge in [0.1, 0.15) is 23.1 Å². The van der Waals surface area contributed by atoms with E-state index in [0.717, 1.165) is 11.3 Å². The van der Waals surface area contributed by atoms with Crippen LogP contribution in [-0.4, -0.2) is 18.7 Å². The number of aryl methyl sites for hydroxylation is 1. The van der Waals surface area contributed by atoms with Gasteiger partial charge in [-0.05, 0) is 42.8 Å². The van der Waals surface area contributed by atoms with E-state index < -0.39 is 17.7 Å². The van der Waals surface area contributed by atoms with Gasteiger partial charge < -0.3 is 23.9 Å². The summed E-state index contributed by atoms with van der Waals surface area (Å²) in [5.74, 6) is -0.808. The monoisotopic (exact) mass is 417 g/mol. The van der Waals surface area contributed by atoms with Crippen LogP contribution in [0.15, 0.2) is 41.0 Å². The summed E-state index contributed by atoms with van der Waals surface area (Å²) in [4.78, 5) is 24.9. The van der Waals surface area contributed by atoms with E-state index in [2.05, 4.69) is 5.32 Å². The number of anilines is 1. The molecule has 4 rings (SSSR count). The summed E-state index contributed by atoms with van der Waals surface area (Å²) < 4.78 is 34.8. The van der Waals surface area contributed by atoms with Gasteiger partial charge in [-0.3, -0.25) is 4.79 Å². The van der Waals surface area contributed by atoms with Crippen LogP contribution in [0.5, 0.6) is 5.75 Å². The predicted molar refractivity (Wildman–Crippen MR) is 102 cm³/mol. The van der Waals surface area contributed by atoms with Crippen molar-refractivity contribution in [3.05, 3.63) is 69.7 Å². The van der Waals surface area contributed by atoms with Gasteiger partial charge in [-0.1, -0.05) is 0 Å². The Morgan fingerprint density at radius 3 is 2.97 bits per heavy atom. The molecule has 1 N–H and O–H groups in total. The Morgan fingerprint density at radius 2 is 2.17 bits per heavy atom. The number of hydrogen-bond acceptors (Lipinski definition) is 7. The lowest BCUT2D eigenvalue weighted by Gasteiger charge is -2.20. The van der Waals surface area contributed by atoms with Crippen molar-refractivity contribution in [3.8, 4) is 5.75 Å². The molecule has 1 aliphatic rings. The molecule has 0 spiro atoms. The van der Waals surface area contributed by atoms with Crippen molar-refractivity contribution in [3.63, 3.8) is 0 Å². The molecule has 0 unspecified atom stereocenters. The molecule has 0 bridgehead atoms. The molecule has 1 aliphatic heterocycles. The molecular formula is C20H16FNO6S. The van der Waals surface area contributed by atoms with Crippen LogP contribution in [0.25, 0.3) is 0 Å². The molecule has 7 nitrogen and oxygen atoms in total. The first-order valence-electron chi connectivity index (χ1n) is 8.65. The molecule has 0 saturated heterocycles. The quantitative estimate of drug-likeness (QED) is 0.624. The number of esters is 1. The normalized spacial score (nSPS) is 12.8. The predicted octanol–water partition coefficient (Wildman–Crippen LogP) is 4.26. The Kier molecular flexibility index (Phi) is 5.32. The fourth-order valence-electron chi connectivity index (χ4n) is 2.90. The summed E-state index contributed by atoms with van der Waals surface area (Å²) in [7, 11) is 0. The minimum Gasteiger partial charge on any atom is -0.467 e. The minimum absolute atomic E-state index is 0.0579. The molecule has 29 heavy (non-hydrogen) atoms. The fraction of sp³-hybridized carbons (Fsp3) is 0.200. The second-order valence-corrected chi connectivity index (χ2v) is 7.35. The number of amides is 1. The van der Waals surface area contributed by atoms with Crippen LogP contribution in [0.2, 0.25) is 0 Å². The molecule has 0 radical (unpaired) electrons. The van der Waals surface area contributed by atoms with Crippen molar-refractivity contribution in [1.29, 1.82) is 0 Å². The molecule has 9 heteroatoms. The Hall–Kier alpha value is -3.17.